The van der Waals surface area contributed by atoms with Gasteiger partial charge < -0.3 is 5.73 Å². The lowest BCUT2D eigenvalue weighted by Gasteiger charge is -2.30. The summed E-state index contributed by atoms with van der Waals surface area (Å²) in [5.41, 5.74) is 8.50. The summed E-state index contributed by atoms with van der Waals surface area (Å²) in [7, 11) is 0. The summed E-state index contributed by atoms with van der Waals surface area (Å²) in [6, 6.07) is 10.8. The van der Waals surface area contributed by atoms with Gasteiger partial charge in [0.1, 0.15) is 5.01 Å². The average Bonchev–Trinajstić information content (AvgIpc) is 2.95. The third-order valence-corrected chi connectivity index (χ3v) is 5.70. The molecule has 3 heteroatoms. The van der Waals surface area contributed by atoms with Crippen molar-refractivity contribution in [3.8, 4) is 0 Å². The van der Waals surface area contributed by atoms with Gasteiger partial charge in [-0.15, -0.1) is 11.3 Å². The van der Waals surface area contributed by atoms with Gasteiger partial charge in [-0.1, -0.05) is 58.0 Å². The molecule has 2 nitrogen and oxygen atoms in total. The fraction of sp³-hybridized carbons (Fsp3) is 0.500. The summed E-state index contributed by atoms with van der Waals surface area (Å²) >= 11 is 1.80. The molecule has 114 valence electrons. The molecule has 0 fully saturated rings. The molecule has 21 heavy (non-hydrogen) atoms. The van der Waals surface area contributed by atoms with Crippen molar-refractivity contribution in [3.63, 3.8) is 0 Å². The Morgan fingerprint density at radius 1 is 1.14 bits per heavy atom. The van der Waals surface area contributed by atoms with Crippen LogP contribution in [-0.2, 0) is 12.0 Å². The van der Waals surface area contributed by atoms with Gasteiger partial charge in [0.25, 0.3) is 0 Å². The Morgan fingerprint density at radius 2 is 1.76 bits per heavy atom. The van der Waals surface area contributed by atoms with Crippen LogP contribution in [0.3, 0.4) is 0 Å². The van der Waals surface area contributed by atoms with Gasteiger partial charge in [0, 0.05) is 16.8 Å². The average molecular weight is 302 g/mol. The number of nitrogens with two attached hydrogens (primary N) is 1. The third-order valence-electron chi connectivity index (χ3n) is 4.40. The van der Waals surface area contributed by atoms with E-state index in [2.05, 4.69) is 58.0 Å². The highest BCUT2D eigenvalue weighted by Crippen LogP contribution is 2.42. The molecule has 0 amide bonds. The van der Waals surface area contributed by atoms with Crippen molar-refractivity contribution >= 4 is 11.3 Å². The van der Waals surface area contributed by atoms with E-state index in [4.69, 9.17) is 10.7 Å². The minimum absolute atomic E-state index is 0.0169. The second-order valence-electron chi connectivity index (χ2n) is 5.84. The fourth-order valence-electron chi connectivity index (χ4n) is 3.01. The molecule has 0 saturated carbocycles. The maximum atomic E-state index is 5.94. The Bertz CT molecular complexity index is 568. The molecule has 0 atom stereocenters. The summed E-state index contributed by atoms with van der Waals surface area (Å²) in [5, 5.41) is 1.22. The van der Waals surface area contributed by atoms with Gasteiger partial charge in [0.2, 0.25) is 0 Å². The van der Waals surface area contributed by atoms with Crippen LogP contribution < -0.4 is 5.73 Å². The maximum Gasteiger partial charge on any atom is 0.104 e. The lowest BCUT2D eigenvalue weighted by atomic mass is 9.76. The highest BCUT2D eigenvalue weighted by atomic mass is 32.1. The number of hydrogen-bond donors (Lipinski definition) is 1. The van der Waals surface area contributed by atoms with Crippen LogP contribution in [0.2, 0.25) is 0 Å². The molecule has 2 N–H and O–H groups in total. The lowest BCUT2D eigenvalue weighted by Crippen LogP contribution is -2.25. The Balaban J connectivity index is 2.58. The number of benzene rings is 1. The number of thiazole rings is 1. The standard InChI is InChI=1S/C18H26N2S/c1-5-18(6-2,14-10-8-7-9-11-14)17-20-16(13(3)4)15(12-19)21-17/h7-11,13H,5-6,12,19H2,1-4H3. The van der Waals surface area contributed by atoms with Gasteiger partial charge in [0.15, 0.2) is 0 Å². The van der Waals surface area contributed by atoms with Gasteiger partial charge in [0.05, 0.1) is 5.69 Å². The van der Waals surface area contributed by atoms with E-state index >= 15 is 0 Å². The molecular formula is C18H26N2S. The predicted molar refractivity (Wildman–Crippen MR) is 91.9 cm³/mol. The normalized spacial score (nSPS) is 12.1. The molecule has 0 unspecified atom stereocenters. The number of rotatable bonds is 6. The topological polar surface area (TPSA) is 38.9 Å². The molecule has 0 aliphatic carbocycles. The van der Waals surface area contributed by atoms with Crippen molar-refractivity contribution in [2.75, 3.05) is 0 Å². The van der Waals surface area contributed by atoms with Crippen LogP contribution in [0.15, 0.2) is 30.3 Å². The molecule has 0 saturated heterocycles. The fourth-order valence-corrected chi connectivity index (χ4v) is 4.46. The third kappa shape index (κ3) is 2.90. The van der Waals surface area contributed by atoms with Crippen molar-refractivity contribution in [3.05, 3.63) is 51.5 Å². The lowest BCUT2D eigenvalue weighted by molar-refractivity contribution is 0.474. The first-order valence-electron chi connectivity index (χ1n) is 7.84. The van der Waals surface area contributed by atoms with Gasteiger partial charge in [-0.25, -0.2) is 4.98 Å². The molecule has 2 rings (SSSR count). The van der Waals surface area contributed by atoms with Crippen molar-refractivity contribution < 1.29 is 0 Å². The maximum absolute atomic E-state index is 5.94. The van der Waals surface area contributed by atoms with Crippen LogP contribution in [0.4, 0.5) is 0 Å². The zero-order valence-electron chi connectivity index (χ0n) is 13.5. The van der Waals surface area contributed by atoms with E-state index in [1.165, 1.54) is 21.1 Å². The van der Waals surface area contributed by atoms with Crippen LogP contribution >= 0.6 is 11.3 Å². The Hall–Kier alpha value is -1.19. The molecule has 0 aliphatic heterocycles. The predicted octanol–water partition coefficient (Wildman–Crippen LogP) is 4.83. The number of nitrogens with zero attached hydrogens (tertiary/aromatic N) is 1. The molecule has 0 radical (unpaired) electrons. The number of hydrogen-bond acceptors (Lipinski definition) is 3. The van der Waals surface area contributed by atoms with Crippen molar-refractivity contribution in [1.29, 1.82) is 0 Å². The second-order valence-corrected chi connectivity index (χ2v) is 6.93. The summed E-state index contributed by atoms with van der Waals surface area (Å²) in [6.45, 7) is 9.49. The van der Waals surface area contributed by atoms with Crippen LogP contribution in [0.1, 0.15) is 67.6 Å². The highest BCUT2D eigenvalue weighted by Gasteiger charge is 2.34. The first kappa shape index (κ1) is 16.2. The second kappa shape index (κ2) is 6.71. The minimum Gasteiger partial charge on any atom is -0.326 e. The molecule has 0 bridgehead atoms. The molecular weight excluding hydrogens is 276 g/mol. The van der Waals surface area contributed by atoms with Crippen molar-refractivity contribution in [2.24, 2.45) is 5.73 Å². The molecule has 0 spiro atoms. The van der Waals surface area contributed by atoms with Crippen LogP contribution in [-0.4, -0.2) is 4.98 Å². The van der Waals surface area contributed by atoms with E-state index < -0.39 is 0 Å². The van der Waals surface area contributed by atoms with Gasteiger partial charge >= 0.3 is 0 Å². The van der Waals surface area contributed by atoms with Crippen LogP contribution in [0.5, 0.6) is 0 Å². The Morgan fingerprint density at radius 3 is 2.19 bits per heavy atom. The van der Waals surface area contributed by atoms with E-state index in [0.717, 1.165) is 12.8 Å². The summed E-state index contributed by atoms with van der Waals surface area (Å²) in [5.74, 6) is 0.427. The van der Waals surface area contributed by atoms with Gasteiger partial charge in [-0.3, -0.25) is 0 Å². The van der Waals surface area contributed by atoms with E-state index in [9.17, 15) is 0 Å². The van der Waals surface area contributed by atoms with Gasteiger partial charge in [-0.05, 0) is 24.3 Å². The van der Waals surface area contributed by atoms with Gasteiger partial charge in [-0.2, -0.15) is 0 Å². The largest absolute Gasteiger partial charge is 0.326 e. The molecule has 0 aliphatic rings. The smallest absolute Gasteiger partial charge is 0.104 e. The Kier molecular flexibility index (Phi) is 5.17. The van der Waals surface area contributed by atoms with E-state index in [0.29, 0.717) is 12.5 Å². The molecule has 1 aromatic heterocycles. The summed E-state index contributed by atoms with van der Waals surface area (Å²) in [4.78, 5) is 6.25. The zero-order valence-corrected chi connectivity index (χ0v) is 14.3. The number of aromatic nitrogens is 1. The first-order valence-corrected chi connectivity index (χ1v) is 8.66. The SMILES string of the molecule is CCC(CC)(c1ccccc1)c1nc(C(C)C)c(CN)s1. The summed E-state index contributed by atoms with van der Waals surface area (Å²) in [6.07, 6.45) is 2.12. The molecule has 1 aromatic carbocycles. The van der Waals surface area contributed by atoms with E-state index in [1.807, 2.05) is 0 Å². The van der Waals surface area contributed by atoms with Crippen LogP contribution in [0, 0.1) is 0 Å². The zero-order chi connectivity index (χ0) is 15.5. The van der Waals surface area contributed by atoms with Crippen LogP contribution in [0.25, 0.3) is 0 Å². The minimum atomic E-state index is 0.0169. The Labute approximate surface area is 132 Å². The molecule has 2 aromatic rings. The van der Waals surface area contributed by atoms with Crippen molar-refractivity contribution in [2.45, 2.75) is 58.4 Å². The van der Waals surface area contributed by atoms with E-state index in [-0.39, 0.29) is 5.41 Å². The summed E-state index contributed by atoms with van der Waals surface area (Å²) < 4.78 is 0. The highest BCUT2D eigenvalue weighted by molar-refractivity contribution is 7.12. The van der Waals surface area contributed by atoms with Crippen molar-refractivity contribution in [1.82, 2.24) is 4.98 Å². The quantitative estimate of drug-likeness (QED) is 0.830. The molecule has 1 heterocycles. The monoisotopic (exact) mass is 302 g/mol. The van der Waals surface area contributed by atoms with E-state index in [1.54, 1.807) is 11.3 Å². The first-order chi connectivity index (χ1) is 10.1.